The standard InChI is InChI=1S/C19H29N5O/c1-23(11-5-9-15-10-6-12-25-15)18-16-13-20-24(2)19(16)22-17(21-18)14-7-3-4-8-14/h13-15H,3-12H2,1-2H3/t15-/m1/s1. The first-order chi connectivity index (χ1) is 12.2. The SMILES string of the molecule is CN(CCC[C@@H]1CCCO1)c1nc(C2CCCC2)nc2c1cnn2C. The molecule has 0 aromatic carbocycles. The van der Waals surface area contributed by atoms with Gasteiger partial charge in [-0.15, -0.1) is 0 Å². The molecule has 3 heterocycles. The van der Waals surface area contributed by atoms with E-state index < -0.39 is 0 Å². The molecular weight excluding hydrogens is 314 g/mol. The molecule has 0 amide bonds. The lowest BCUT2D eigenvalue weighted by Crippen LogP contribution is -2.22. The fraction of sp³-hybridized carbons (Fsp3) is 0.737. The average Bonchev–Trinajstić information content (AvgIpc) is 3.36. The summed E-state index contributed by atoms with van der Waals surface area (Å²) in [5, 5.41) is 5.48. The second-order valence-corrected chi connectivity index (χ2v) is 7.59. The third kappa shape index (κ3) is 3.50. The molecular formula is C19H29N5O. The Morgan fingerprint density at radius 1 is 1.20 bits per heavy atom. The Hall–Kier alpha value is -1.69. The highest BCUT2D eigenvalue weighted by molar-refractivity contribution is 5.86. The van der Waals surface area contributed by atoms with Gasteiger partial charge in [-0.25, -0.2) is 9.97 Å². The molecule has 2 aromatic heterocycles. The summed E-state index contributed by atoms with van der Waals surface area (Å²) in [4.78, 5) is 12.1. The van der Waals surface area contributed by atoms with Gasteiger partial charge in [0.15, 0.2) is 5.65 Å². The van der Waals surface area contributed by atoms with Crippen LogP contribution in [0.3, 0.4) is 0 Å². The van der Waals surface area contributed by atoms with Gasteiger partial charge in [0, 0.05) is 33.2 Å². The van der Waals surface area contributed by atoms with Crippen molar-refractivity contribution in [2.75, 3.05) is 25.1 Å². The van der Waals surface area contributed by atoms with E-state index in [2.05, 4.69) is 17.0 Å². The minimum absolute atomic E-state index is 0.464. The highest BCUT2D eigenvalue weighted by Gasteiger charge is 2.23. The number of hydrogen-bond donors (Lipinski definition) is 0. The minimum Gasteiger partial charge on any atom is -0.378 e. The van der Waals surface area contributed by atoms with Gasteiger partial charge in [0.25, 0.3) is 0 Å². The number of hydrogen-bond acceptors (Lipinski definition) is 5. The van der Waals surface area contributed by atoms with Crippen LogP contribution in [0.1, 0.15) is 63.1 Å². The molecule has 1 saturated carbocycles. The lowest BCUT2D eigenvalue weighted by atomic mass is 10.1. The first-order valence-electron chi connectivity index (χ1n) is 9.75. The molecule has 25 heavy (non-hydrogen) atoms. The van der Waals surface area contributed by atoms with Crippen LogP contribution in [-0.2, 0) is 11.8 Å². The zero-order chi connectivity index (χ0) is 17.2. The second kappa shape index (κ2) is 7.28. The van der Waals surface area contributed by atoms with Crippen LogP contribution in [0.5, 0.6) is 0 Å². The maximum atomic E-state index is 5.74. The summed E-state index contributed by atoms with van der Waals surface area (Å²) in [5.41, 5.74) is 0.956. The van der Waals surface area contributed by atoms with Crippen LogP contribution >= 0.6 is 0 Å². The van der Waals surface area contributed by atoms with Crippen LogP contribution < -0.4 is 4.90 Å². The summed E-state index contributed by atoms with van der Waals surface area (Å²) in [6, 6.07) is 0. The van der Waals surface area contributed by atoms with Crippen LogP contribution in [0.25, 0.3) is 11.0 Å². The minimum atomic E-state index is 0.464. The van der Waals surface area contributed by atoms with E-state index in [0.29, 0.717) is 12.0 Å². The maximum absolute atomic E-state index is 5.74. The van der Waals surface area contributed by atoms with Crippen molar-refractivity contribution in [3.8, 4) is 0 Å². The van der Waals surface area contributed by atoms with Crippen LogP contribution in [0.2, 0.25) is 0 Å². The third-order valence-electron chi connectivity index (χ3n) is 5.71. The van der Waals surface area contributed by atoms with Gasteiger partial charge >= 0.3 is 0 Å². The molecule has 0 N–H and O–H groups in total. The van der Waals surface area contributed by atoms with Gasteiger partial charge in [-0.1, -0.05) is 12.8 Å². The van der Waals surface area contributed by atoms with E-state index in [1.165, 1.54) is 38.5 Å². The van der Waals surface area contributed by atoms with E-state index in [9.17, 15) is 0 Å². The van der Waals surface area contributed by atoms with Crippen molar-refractivity contribution in [2.24, 2.45) is 7.05 Å². The number of fused-ring (bicyclic) bond motifs is 1. The topological polar surface area (TPSA) is 56.1 Å². The molecule has 1 saturated heterocycles. The normalized spacial score (nSPS) is 21.4. The Labute approximate surface area is 149 Å². The summed E-state index contributed by atoms with van der Waals surface area (Å²) in [6.45, 7) is 1.93. The van der Waals surface area contributed by atoms with Crippen molar-refractivity contribution in [2.45, 2.75) is 63.4 Å². The fourth-order valence-corrected chi connectivity index (χ4v) is 4.22. The van der Waals surface area contributed by atoms with Gasteiger partial charge in [-0.3, -0.25) is 4.68 Å². The van der Waals surface area contributed by atoms with E-state index in [0.717, 1.165) is 48.7 Å². The molecule has 0 unspecified atom stereocenters. The Morgan fingerprint density at radius 3 is 2.80 bits per heavy atom. The van der Waals surface area contributed by atoms with Crippen molar-refractivity contribution >= 4 is 16.9 Å². The second-order valence-electron chi connectivity index (χ2n) is 7.59. The summed E-state index contributed by atoms with van der Waals surface area (Å²) in [6.07, 6.45) is 12.1. The molecule has 2 aliphatic rings. The van der Waals surface area contributed by atoms with Crippen molar-refractivity contribution in [3.05, 3.63) is 12.0 Å². The van der Waals surface area contributed by atoms with Crippen LogP contribution in [-0.4, -0.2) is 46.1 Å². The highest BCUT2D eigenvalue weighted by Crippen LogP contribution is 2.34. The van der Waals surface area contributed by atoms with Gasteiger partial charge in [0.2, 0.25) is 0 Å². The number of aryl methyl sites for hydroxylation is 1. The van der Waals surface area contributed by atoms with E-state index in [1.54, 1.807) is 0 Å². The lowest BCUT2D eigenvalue weighted by Gasteiger charge is -2.21. The molecule has 1 aliphatic carbocycles. The number of rotatable bonds is 6. The van der Waals surface area contributed by atoms with E-state index in [-0.39, 0.29) is 0 Å². The first-order valence-corrected chi connectivity index (χ1v) is 9.75. The van der Waals surface area contributed by atoms with E-state index >= 15 is 0 Å². The van der Waals surface area contributed by atoms with Gasteiger partial charge < -0.3 is 9.64 Å². The number of ether oxygens (including phenoxy) is 1. The van der Waals surface area contributed by atoms with Gasteiger partial charge in [-0.2, -0.15) is 5.10 Å². The monoisotopic (exact) mass is 343 g/mol. The molecule has 0 bridgehead atoms. The van der Waals surface area contributed by atoms with Crippen molar-refractivity contribution in [1.29, 1.82) is 0 Å². The third-order valence-corrected chi connectivity index (χ3v) is 5.71. The van der Waals surface area contributed by atoms with E-state index in [4.69, 9.17) is 14.7 Å². The molecule has 0 spiro atoms. The first kappa shape index (κ1) is 16.8. The Balaban J connectivity index is 1.53. The number of anilines is 1. The van der Waals surface area contributed by atoms with Crippen molar-refractivity contribution in [1.82, 2.24) is 19.7 Å². The average molecular weight is 343 g/mol. The van der Waals surface area contributed by atoms with Crippen molar-refractivity contribution in [3.63, 3.8) is 0 Å². The lowest BCUT2D eigenvalue weighted by molar-refractivity contribution is 0.103. The zero-order valence-corrected chi connectivity index (χ0v) is 15.4. The summed E-state index contributed by atoms with van der Waals surface area (Å²) in [7, 11) is 4.11. The molecule has 2 fully saturated rings. The fourth-order valence-electron chi connectivity index (χ4n) is 4.22. The summed E-state index contributed by atoms with van der Waals surface area (Å²) in [5.74, 6) is 2.56. The number of aromatic nitrogens is 4. The molecule has 6 nitrogen and oxygen atoms in total. The molecule has 136 valence electrons. The van der Waals surface area contributed by atoms with E-state index in [1.807, 2.05) is 17.9 Å². The highest BCUT2D eigenvalue weighted by atomic mass is 16.5. The largest absolute Gasteiger partial charge is 0.378 e. The zero-order valence-electron chi connectivity index (χ0n) is 15.4. The molecule has 6 heteroatoms. The van der Waals surface area contributed by atoms with Gasteiger partial charge in [0.05, 0.1) is 17.7 Å². The summed E-state index contributed by atoms with van der Waals surface area (Å²) < 4.78 is 7.62. The maximum Gasteiger partial charge on any atom is 0.163 e. The predicted octanol–water partition coefficient (Wildman–Crippen LogP) is 3.42. The van der Waals surface area contributed by atoms with Crippen LogP contribution in [0.4, 0.5) is 5.82 Å². The molecule has 2 aromatic rings. The Morgan fingerprint density at radius 2 is 2.04 bits per heavy atom. The molecule has 0 radical (unpaired) electrons. The number of nitrogens with zero attached hydrogens (tertiary/aromatic N) is 5. The predicted molar refractivity (Wildman–Crippen MR) is 99.0 cm³/mol. The molecule has 1 atom stereocenters. The molecule has 1 aliphatic heterocycles. The molecule has 4 rings (SSSR count). The Bertz CT molecular complexity index is 716. The van der Waals surface area contributed by atoms with Crippen molar-refractivity contribution < 1.29 is 4.74 Å². The quantitative estimate of drug-likeness (QED) is 0.804. The Kier molecular flexibility index (Phi) is 4.88. The summed E-state index contributed by atoms with van der Waals surface area (Å²) >= 11 is 0. The van der Waals surface area contributed by atoms with Crippen LogP contribution in [0, 0.1) is 0 Å². The van der Waals surface area contributed by atoms with Gasteiger partial charge in [0.1, 0.15) is 11.6 Å². The van der Waals surface area contributed by atoms with Gasteiger partial charge in [-0.05, 0) is 38.5 Å². The van der Waals surface area contributed by atoms with Crippen LogP contribution in [0.15, 0.2) is 6.20 Å². The smallest absolute Gasteiger partial charge is 0.163 e.